The molecule has 3 rings (SSSR count). The fourth-order valence-electron chi connectivity index (χ4n) is 3.37. The molecule has 9 heteroatoms. The van der Waals surface area contributed by atoms with Gasteiger partial charge in [-0.05, 0) is 49.7 Å². The summed E-state index contributed by atoms with van der Waals surface area (Å²) < 4.78 is 14.1. The van der Waals surface area contributed by atoms with Gasteiger partial charge in [0.15, 0.2) is 0 Å². The summed E-state index contributed by atoms with van der Waals surface area (Å²) in [5.41, 5.74) is 2.42. The van der Waals surface area contributed by atoms with E-state index in [4.69, 9.17) is 5.11 Å². The van der Waals surface area contributed by atoms with Crippen molar-refractivity contribution in [3.05, 3.63) is 53.6 Å². The average Bonchev–Trinajstić information content (AvgIpc) is 2.63. The highest BCUT2D eigenvalue weighted by atomic mass is 19.1. The normalized spacial score (nSPS) is 17.1. The number of carbonyl (C=O) groups excluding carboxylic acids is 1. The van der Waals surface area contributed by atoms with Crippen molar-refractivity contribution >= 4 is 23.5 Å². The minimum absolute atomic E-state index is 0.138. The molecule has 3 amide bonds. The largest absolute Gasteiger partial charge is 0.465 e. The van der Waals surface area contributed by atoms with Gasteiger partial charge in [0.05, 0.1) is 11.9 Å². The SMILES string of the molecule is Cc1ccc(NC(=O)Nc2cc(F)cc(CN3CCN(C(=O)O)[C@H](C)C3)c2)cn1. The molecule has 1 aromatic carbocycles. The quantitative estimate of drug-likeness (QED) is 0.730. The molecule has 2 heterocycles. The predicted octanol–water partition coefficient (Wildman–Crippen LogP) is 3.36. The number of halogens is 1. The third-order valence-corrected chi connectivity index (χ3v) is 4.75. The van der Waals surface area contributed by atoms with Crippen molar-refractivity contribution in [1.82, 2.24) is 14.8 Å². The minimum atomic E-state index is -0.927. The second-order valence-electron chi connectivity index (χ2n) is 7.18. The van der Waals surface area contributed by atoms with Gasteiger partial charge in [-0.2, -0.15) is 0 Å². The number of piperazine rings is 1. The maximum Gasteiger partial charge on any atom is 0.407 e. The Hall–Kier alpha value is -3.20. The number of carboxylic acid groups (broad SMARTS) is 1. The number of benzene rings is 1. The van der Waals surface area contributed by atoms with Gasteiger partial charge in [0.25, 0.3) is 0 Å². The van der Waals surface area contributed by atoms with E-state index in [1.165, 1.54) is 17.0 Å². The van der Waals surface area contributed by atoms with E-state index in [1.54, 1.807) is 24.4 Å². The summed E-state index contributed by atoms with van der Waals surface area (Å²) in [6.45, 7) is 5.70. The number of hydrogen-bond acceptors (Lipinski definition) is 4. The zero-order chi connectivity index (χ0) is 21.0. The van der Waals surface area contributed by atoms with Gasteiger partial charge in [0.2, 0.25) is 0 Å². The van der Waals surface area contributed by atoms with Crippen LogP contribution in [-0.2, 0) is 6.54 Å². The molecule has 1 fully saturated rings. The van der Waals surface area contributed by atoms with Crippen LogP contribution in [0, 0.1) is 12.7 Å². The van der Waals surface area contributed by atoms with Crippen LogP contribution in [0.3, 0.4) is 0 Å². The summed E-state index contributed by atoms with van der Waals surface area (Å²) in [4.78, 5) is 30.9. The lowest BCUT2D eigenvalue weighted by Gasteiger charge is -2.38. The van der Waals surface area contributed by atoms with Gasteiger partial charge < -0.3 is 20.6 Å². The number of amides is 3. The second kappa shape index (κ2) is 8.87. The Morgan fingerprint density at radius 1 is 1.21 bits per heavy atom. The smallest absolute Gasteiger partial charge is 0.407 e. The third-order valence-electron chi connectivity index (χ3n) is 4.75. The molecule has 0 saturated carbocycles. The van der Waals surface area contributed by atoms with Gasteiger partial charge in [-0.15, -0.1) is 0 Å². The van der Waals surface area contributed by atoms with Gasteiger partial charge in [-0.25, -0.2) is 14.0 Å². The van der Waals surface area contributed by atoms with E-state index in [9.17, 15) is 14.0 Å². The van der Waals surface area contributed by atoms with Crippen molar-refractivity contribution in [2.45, 2.75) is 26.4 Å². The summed E-state index contributed by atoms with van der Waals surface area (Å²) in [5.74, 6) is -0.452. The molecular formula is C20H24FN5O3. The molecule has 1 aromatic heterocycles. The molecule has 8 nitrogen and oxygen atoms in total. The van der Waals surface area contributed by atoms with E-state index in [-0.39, 0.29) is 6.04 Å². The van der Waals surface area contributed by atoms with Crippen LogP contribution in [0.15, 0.2) is 36.5 Å². The zero-order valence-corrected chi connectivity index (χ0v) is 16.4. The molecule has 0 bridgehead atoms. The Kier molecular flexibility index (Phi) is 6.28. The summed E-state index contributed by atoms with van der Waals surface area (Å²) in [6, 6.07) is 7.27. The standard InChI is InChI=1S/C20H24FN5O3/c1-13-3-4-17(10-22-13)23-19(27)24-18-8-15(7-16(21)9-18)12-25-5-6-26(20(28)29)14(2)11-25/h3-4,7-10,14H,5-6,11-12H2,1-2H3,(H,28,29)(H2,23,24,27)/t14-/m1/s1. The number of anilines is 2. The first-order chi connectivity index (χ1) is 13.8. The lowest BCUT2D eigenvalue weighted by atomic mass is 10.1. The molecule has 1 aliphatic rings. The summed E-state index contributed by atoms with van der Waals surface area (Å²) in [6.07, 6.45) is 0.619. The Morgan fingerprint density at radius 2 is 1.97 bits per heavy atom. The molecule has 1 saturated heterocycles. The molecule has 0 aliphatic carbocycles. The molecule has 3 N–H and O–H groups in total. The van der Waals surface area contributed by atoms with Gasteiger partial charge in [-0.3, -0.25) is 9.88 Å². The Labute approximate surface area is 168 Å². The second-order valence-corrected chi connectivity index (χ2v) is 7.18. The van der Waals surface area contributed by atoms with E-state index in [2.05, 4.69) is 20.5 Å². The van der Waals surface area contributed by atoms with E-state index in [0.717, 1.165) is 5.69 Å². The maximum atomic E-state index is 14.1. The first kappa shape index (κ1) is 20.5. The number of pyridine rings is 1. The van der Waals surface area contributed by atoms with Gasteiger partial charge >= 0.3 is 12.1 Å². The minimum Gasteiger partial charge on any atom is -0.465 e. The van der Waals surface area contributed by atoms with Crippen molar-refractivity contribution in [2.24, 2.45) is 0 Å². The van der Waals surface area contributed by atoms with Crippen LogP contribution in [0.1, 0.15) is 18.2 Å². The number of nitrogens with zero attached hydrogens (tertiary/aromatic N) is 3. The van der Waals surface area contributed by atoms with Crippen molar-refractivity contribution in [1.29, 1.82) is 0 Å². The molecule has 1 atom stereocenters. The molecule has 2 aromatic rings. The number of aromatic nitrogens is 1. The average molecular weight is 401 g/mol. The first-order valence-electron chi connectivity index (χ1n) is 9.32. The highest BCUT2D eigenvalue weighted by molar-refractivity contribution is 5.99. The number of rotatable bonds is 4. The monoisotopic (exact) mass is 401 g/mol. The van der Waals surface area contributed by atoms with Crippen molar-refractivity contribution in [3.8, 4) is 0 Å². The van der Waals surface area contributed by atoms with Crippen molar-refractivity contribution in [2.75, 3.05) is 30.3 Å². The Bertz CT molecular complexity index is 890. The van der Waals surface area contributed by atoms with Crippen LogP contribution in [0.2, 0.25) is 0 Å². The predicted molar refractivity (Wildman–Crippen MR) is 107 cm³/mol. The topological polar surface area (TPSA) is 97.8 Å². The molecule has 0 radical (unpaired) electrons. The molecule has 0 spiro atoms. The first-order valence-corrected chi connectivity index (χ1v) is 9.32. The Balaban J connectivity index is 1.61. The van der Waals surface area contributed by atoms with Crippen LogP contribution in [0.5, 0.6) is 0 Å². The number of carbonyl (C=O) groups is 2. The number of urea groups is 1. The van der Waals surface area contributed by atoms with Crippen molar-refractivity contribution in [3.63, 3.8) is 0 Å². The molecular weight excluding hydrogens is 377 g/mol. The molecule has 0 unspecified atom stereocenters. The third kappa shape index (κ3) is 5.64. The van der Waals surface area contributed by atoms with Gasteiger partial charge in [0.1, 0.15) is 5.82 Å². The van der Waals surface area contributed by atoms with Crippen LogP contribution < -0.4 is 10.6 Å². The van der Waals surface area contributed by atoms with Crippen LogP contribution in [-0.4, -0.2) is 57.7 Å². The van der Waals surface area contributed by atoms with E-state index < -0.39 is 17.9 Å². The van der Waals surface area contributed by atoms with Crippen LogP contribution in [0.4, 0.5) is 25.4 Å². The van der Waals surface area contributed by atoms with Crippen molar-refractivity contribution < 1.29 is 19.1 Å². The summed E-state index contributed by atoms with van der Waals surface area (Å²) in [5, 5.41) is 14.5. The van der Waals surface area contributed by atoms with Gasteiger partial charge in [-0.1, -0.05) is 0 Å². The van der Waals surface area contributed by atoms with E-state index in [0.29, 0.717) is 43.1 Å². The highest BCUT2D eigenvalue weighted by Crippen LogP contribution is 2.19. The number of hydrogen-bond donors (Lipinski definition) is 3. The van der Waals surface area contributed by atoms with E-state index >= 15 is 0 Å². The lowest BCUT2D eigenvalue weighted by Crippen LogP contribution is -2.53. The maximum absolute atomic E-state index is 14.1. The fourth-order valence-corrected chi connectivity index (χ4v) is 3.37. The molecule has 29 heavy (non-hydrogen) atoms. The molecule has 154 valence electrons. The summed E-state index contributed by atoms with van der Waals surface area (Å²) in [7, 11) is 0. The van der Waals surface area contributed by atoms with Crippen LogP contribution >= 0.6 is 0 Å². The fraction of sp³-hybridized carbons (Fsp3) is 0.350. The van der Waals surface area contributed by atoms with Crippen LogP contribution in [0.25, 0.3) is 0 Å². The number of aryl methyl sites for hydroxylation is 1. The van der Waals surface area contributed by atoms with Gasteiger partial charge in [0, 0.05) is 43.6 Å². The number of nitrogens with one attached hydrogen (secondary N) is 2. The van der Waals surface area contributed by atoms with E-state index in [1.807, 2.05) is 13.8 Å². The molecule has 1 aliphatic heterocycles. The highest BCUT2D eigenvalue weighted by Gasteiger charge is 2.27. The summed E-state index contributed by atoms with van der Waals surface area (Å²) >= 11 is 0. The zero-order valence-electron chi connectivity index (χ0n) is 16.4. The lowest BCUT2D eigenvalue weighted by molar-refractivity contribution is 0.0711. The Morgan fingerprint density at radius 3 is 2.62 bits per heavy atom.